The molecule has 0 heterocycles. The second kappa shape index (κ2) is 14.4. The maximum absolute atomic E-state index is 14.3. The van der Waals surface area contributed by atoms with E-state index >= 15 is 0 Å². The van der Waals surface area contributed by atoms with Gasteiger partial charge in [0, 0.05) is 30.1 Å². The Morgan fingerprint density at radius 3 is 2.09 bits per heavy atom. The van der Waals surface area contributed by atoms with Crippen molar-refractivity contribution in [3.05, 3.63) is 124 Å². The summed E-state index contributed by atoms with van der Waals surface area (Å²) in [4.78, 5) is 28.9. The number of hydrogen-bond donors (Lipinski definition) is 1. The number of carbonyl (C=O) groups is 2. The Kier molecular flexibility index (Phi) is 10.7. The van der Waals surface area contributed by atoms with E-state index in [1.807, 2.05) is 30.3 Å². The van der Waals surface area contributed by atoms with Crippen molar-refractivity contribution in [1.82, 2.24) is 10.2 Å². The first-order valence-electron chi connectivity index (χ1n) is 13.3. The second-order valence-corrected chi connectivity index (χ2v) is 12.4. The first-order chi connectivity index (χ1) is 20.6. The number of hydrogen-bond acceptors (Lipinski definition) is 5. The summed E-state index contributed by atoms with van der Waals surface area (Å²) >= 11 is 12.3. The fraction of sp³-hybridized carbons (Fsp3) is 0.188. The molecule has 0 aromatic heterocycles. The van der Waals surface area contributed by atoms with Gasteiger partial charge in [-0.05, 0) is 71.8 Å². The van der Waals surface area contributed by atoms with Crippen molar-refractivity contribution in [2.45, 2.75) is 23.9 Å². The van der Waals surface area contributed by atoms with E-state index in [-0.39, 0.29) is 23.5 Å². The van der Waals surface area contributed by atoms with Crippen molar-refractivity contribution in [2.75, 3.05) is 25.0 Å². The molecule has 8 nitrogen and oxygen atoms in total. The third kappa shape index (κ3) is 8.07. The molecule has 0 aliphatic rings. The fourth-order valence-electron chi connectivity index (χ4n) is 4.56. The molecule has 1 N–H and O–H groups in total. The molecule has 0 aliphatic heterocycles. The van der Waals surface area contributed by atoms with Crippen LogP contribution in [0.1, 0.15) is 11.1 Å². The van der Waals surface area contributed by atoms with E-state index in [4.69, 9.17) is 27.9 Å². The monoisotopic (exact) mass is 639 g/mol. The molecule has 0 radical (unpaired) electrons. The minimum atomic E-state index is -4.24. The average molecular weight is 641 g/mol. The van der Waals surface area contributed by atoms with Crippen LogP contribution in [0.15, 0.2) is 108 Å². The molecule has 0 saturated heterocycles. The summed E-state index contributed by atoms with van der Waals surface area (Å²) in [5, 5.41) is 3.53. The molecule has 2 amide bonds. The van der Waals surface area contributed by atoms with E-state index in [1.54, 1.807) is 36.4 Å². The molecule has 43 heavy (non-hydrogen) atoms. The Morgan fingerprint density at radius 2 is 1.49 bits per heavy atom. The van der Waals surface area contributed by atoms with Crippen LogP contribution < -0.4 is 14.4 Å². The number of nitrogens with one attached hydrogen (secondary N) is 1. The Balaban J connectivity index is 1.78. The van der Waals surface area contributed by atoms with Gasteiger partial charge in [-0.15, -0.1) is 0 Å². The van der Waals surface area contributed by atoms with Gasteiger partial charge in [0.15, 0.2) is 0 Å². The minimum Gasteiger partial charge on any atom is -0.497 e. The van der Waals surface area contributed by atoms with E-state index in [0.29, 0.717) is 21.4 Å². The average Bonchev–Trinajstić information content (AvgIpc) is 3.02. The van der Waals surface area contributed by atoms with Crippen molar-refractivity contribution >= 4 is 50.7 Å². The highest BCUT2D eigenvalue weighted by molar-refractivity contribution is 7.92. The third-order valence-electron chi connectivity index (χ3n) is 6.80. The molecule has 1 atom stereocenters. The number of sulfonamides is 1. The number of benzene rings is 4. The molecule has 0 spiro atoms. The van der Waals surface area contributed by atoms with Crippen LogP contribution in [0.25, 0.3) is 0 Å². The lowest BCUT2D eigenvalue weighted by atomic mass is 10.0. The Bertz CT molecular complexity index is 1650. The lowest BCUT2D eigenvalue weighted by Crippen LogP contribution is -2.53. The third-order valence-corrected chi connectivity index (χ3v) is 9.08. The summed E-state index contributed by atoms with van der Waals surface area (Å²) < 4.78 is 34.2. The van der Waals surface area contributed by atoms with Gasteiger partial charge in [-0.3, -0.25) is 13.9 Å². The molecule has 0 bridgehead atoms. The van der Waals surface area contributed by atoms with Gasteiger partial charge in [-0.2, -0.15) is 0 Å². The zero-order chi connectivity index (χ0) is 31.0. The number of methoxy groups -OCH3 is 1. The lowest BCUT2D eigenvalue weighted by molar-refractivity contribution is -0.139. The zero-order valence-corrected chi connectivity index (χ0v) is 25.9. The van der Waals surface area contributed by atoms with Gasteiger partial charge in [-0.1, -0.05) is 65.7 Å². The summed E-state index contributed by atoms with van der Waals surface area (Å²) in [6.45, 7) is -0.569. The number of ether oxygens (including phenoxy) is 1. The van der Waals surface area contributed by atoms with E-state index in [2.05, 4.69) is 5.32 Å². The number of rotatable bonds is 12. The summed E-state index contributed by atoms with van der Waals surface area (Å²) in [6, 6.07) is 27.3. The Labute approximate surface area is 261 Å². The first kappa shape index (κ1) is 31.9. The molecule has 11 heteroatoms. The summed E-state index contributed by atoms with van der Waals surface area (Å²) in [6.07, 6.45) is 0.207. The molecule has 4 aromatic rings. The van der Waals surface area contributed by atoms with Gasteiger partial charge in [0.05, 0.1) is 17.7 Å². The minimum absolute atomic E-state index is 0.0152. The van der Waals surface area contributed by atoms with Crippen molar-refractivity contribution in [3.8, 4) is 5.75 Å². The van der Waals surface area contributed by atoms with Crippen molar-refractivity contribution < 1.29 is 22.7 Å². The van der Waals surface area contributed by atoms with Crippen molar-refractivity contribution in [1.29, 1.82) is 0 Å². The number of nitrogens with zero attached hydrogens (tertiary/aromatic N) is 2. The van der Waals surface area contributed by atoms with Crippen molar-refractivity contribution in [2.24, 2.45) is 0 Å². The number of likely N-dealkylation sites (N-methyl/N-ethyl adjacent to an activating group) is 1. The van der Waals surface area contributed by atoms with Crippen LogP contribution in [-0.2, 0) is 32.6 Å². The van der Waals surface area contributed by atoms with Gasteiger partial charge >= 0.3 is 0 Å². The quantitative estimate of drug-likeness (QED) is 0.218. The molecular formula is C32H31Cl2N3O5S. The SMILES string of the molecule is CNC(=O)[C@H](Cc1ccccc1)N(Cc1cccc(Cl)c1)C(=O)CN(c1ccc(Cl)cc1)S(=O)(=O)c1ccc(OC)cc1. The Morgan fingerprint density at radius 1 is 0.837 bits per heavy atom. The number of amides is 2. The van der Waals surface area contributed by atoms with E-state index in [0.717, 1.165) is 9.87 Å². The van der Waals surface area contributed by atoms with Gasteiger partial charge < -0.3 is 15.0 Å². The number of anilines is 1. The first-order valence-corrected chi connectivity index (χ1v) is 15.5. The molecule has 4 aromatic carbocycles. The largest absolute Gasteiger partial charge is 0.497 e. The summed E-state index contributed by atoms with van der Waals surface area (Å²) in [5.41, 5.74) is 1.75. The zero-order valence-electron chi connectivity index (χ0n) is 23.6. The van der Waals surface area contributed by atoms with Crippen LogP contribution in [0.4, 0.5) is 5.69 Å². The lowest BCUT2D eigenvalue weighted by Gasteiger charge is -2.33. The summed E-state index contributed by atoms with van der Waals surface area (Å²) in [5.74, 6) is -0.498. The number of halogens is 2. The normalized spacial score (nSPS) is 11.8. The summed E-state index contributed by atoms with van der Waals surface area (Å²) in [7, 11) is -1.27. The topological polar surface area (TPSA) is 96.0 Å². The molecule has 0 saturated carbocycles. The van der Waals surface area contributed by atoms with E-state index in [9.17, 15) is 18.0 Å². The van der Waals surface area contributed by atoms with Gasteiger partial charge in [0.2, 0.25) is 11.8 Å². The molecule has 224 valence electrons. The molecule has 0 unspecified atom stereocenters. The molecular weight excluding hydrogens is 609 g/mol. The highest BCUT2D eigenvalue weighted by atomic mass is 35.5. The maximum atomic E-state index is 14.3. The van der Waals surface area contributed by atoms with Crippen LogP contribution in [0, 0.1) is 0 Å². The van der Waals surface area contributed by atoms with Crippen LogP contribution in [0.5, 0.6) is 5.75 Å². The predicted octanol–water partition coefficient (Wildman–Crippen LogP) is 5.58. The van der Waals surface area contributed by atoms with E-state index in [1.165, 1.54) is 55.5 Å². The van der Waals surface area contributed by atoms with Crippen LogP contribution in [-0.4, -0.2) is 51.9 Å². The molecule has 0 aliphatic carbocycles. The van der Waals surface area contributed by atoms with Gasteiger partial charge in [-0.25, -0.2) is 8.42 Å². The highest BCUT2D eigenvalue weighted by Gasteiger charge is 2.34. The Hall–Kier alpha value is -4.05. The van der Waals surface area contributed by atoms with Crippen LogP contribution in [0.2, 0.25) is 10.0 Å². The van der Waals surface area contributed by atoms with Crippen LogP contribution >= 0.6 is 23.2 Å². The maximum Gasteiger partial charge on any atom is 0.264 e. The highest BCUT2D eigenvalue weighted by Crippen LogP contribution is 2.27. The second-order valence-electron chi connectivity index (χ2n) is 9.63. The number of carbonyl (C=O) groups excluding carboxylic acids is 2. The van der Waals surface area contributed by atoms with Gasteiger partial charge in [0.25, 0.3) is 10.0 Å². The molecule has 4 rings (SSSR count). The smallest absolute Gasteiger partial charge is 0.264 e. The van der Waals surface area contributed by atoms with Crippen LogP contribution in [0.3, 0.4) is 0 Å². The molecule has 0 fully saturated rings. The predicted molar refractivity (Wildman–Crippen MR) is 169 cm³/mol. The standard InChI is InChI=1S/C32H31Cl2N3O5S/c1-35-32(39)30(20-23-7-4-3-5-8-23)36(21-24-9-6-10-26(34)19-24)31(38)22-37(27-13-11-25(33)12-14-27)43(40,41)29-17-15-28(42-2)16-18-29/h3-19,30H,20-22H2,1-2H3,(H,35,39)/t30-/m0/s1. The van der Waals surface area contributed by atoms with Gasteiger partial charge in [0.1, 0.15) is 18.3 Å². The van der Waals surface area contributed by atoms with E-state index < -0.39 is 34.4 Å². The van der Waals surface area contributed by atoms with Crippen molar-refractivity contribution in [3.63, 3.8) is 0 Å². The fourth-order valence-corrected chi connectivity index (χ4v) is 6.32.